The van der Waals surface area contributed by atoms with Crippen LogP contribution in [0.25, 0.3) is 5.69 Å². The van der Waals surface area contributed by atoms with Crippen molar-refractivity contribution in [2.45, 2.75) is 25.9 Å². The molecule has 0 radical (unpaired) electrons. The Hall–Kier alpha value is -2.86. The van der Waals surface area contributed by atoms with Crippen LogP contribution < -0.4 is 5.32 Å². The summed E-state index contributed by atoms with van der Waals surface area (Å²) < 4.78 is 2.16. The summed E-state index contributed by atoms with van der Waals surface area (Å²) in [6.07, 6.45) is 3.87. The van der Waals surface area contributed by atoms with E-state index in [1.807, 2.05) is 48.8 Å². The average Bonchev–Trinajstić information content (AvgIpc) is 3.28. The Morgan fingerprint density at radius 2 is 1.89 bits per heavy atom. The van der Waals surface area contributed by atoms with E-state index in [1.54, 1.807) is 12.1 Å². The zero-order chi connectivity index (χ0) is 19.7. The fourth-order valence-corrected chi connectivity index (χ4v) is 4.12. The van der Waals surface area contributed by atoms with Crippen molar-refractivity contribution in [3.63, 3.8) is 0 Å². The first kappa shape index (κ1) is 18.5. The second kappa shape index (κ2) is 7.64. The van der Waals surface area contributed by atoms with E-state index in [0.717, 1.165) is 28.7 Å². The molecule has 2 N–H and O–H groups in total. The maximum Gasteiger partial charge on any atom is 0.170 e. The summed E-state index contributed by atoms with van der Waals surface area (Å²) in [7, 11) is 0. The molecule has 3 aromatic rings. The van der Waals surface area contributed by atoms with Crippen LogP contribution in [-0.2, 0) is 0 Å². The van der Waals surface area contributed by atoms with Gasteiger partial charge in [0.1, 0.15) is 5.75 Å². The molecule has 1 aliphatic heterocycles. The molecule has 1 aromatic carbocycles. The number of rotatable bonds is 5. The van der Waals surface area contributed by atoms with E-state index in [4.69, 9.17) is 12.2 Å². The summed E-state index contributed by atoms with van der Waals surface area (Å²) in [5.74, 6) is 0.732. The second-order valence-corrected chi connectivity index (χ2v) is 7.88. The molecular weight excluding hydrogens is 368 g/mol. The number of phenolic OH excluding ortho intramolecular Hbond substituents is 1. The van der Waals surface area contributed by atoms with E-state index in [1.165, 1.54) is 0 Å². The molecule has 1 fully saturated rings. The normalized spacial score (nSPS) is 19.2. The summed E-state index contributed by atoms with van der Waals surface area (Å²) in [4.78, 5) is 6.86. The van der Waals surface area contributed by atoms with Gasteiger partial charge in [0.15, 0.2) is 5.11 Å². The number of thiocarbonyl (C=S) groups is 1. The highest BCUT2D eigenvalue weighted by atomic mass is 32.1. The highest BCUT2D eigenvalue weighted by molar-refractivity contribution is 7.80. The Labute approximate surface area is 170 Å². The molecule has 6 heteroatoms. The van der Waals surface area contributed by atoms with Gasteiger partial charge in [0.05, 0.1) is 17.8 Å². The van der Waals surface area contributed by atoms with Gasteiger partial charge in [0.25, 0.3) is 0 Å². The summed E-state index contributed by atoms with van der Waals surface area (Å²) in [5, 5.41) is 13.9. The maximum atomic E-state index is 9.65. The van der Waals surface area contributed by atoms with Crippen LogP contribution in [0.4, 0.5) is 0 Å². The van der Waals surface area contributed by atoms with Gasteiger partial charge < -0.3 is 19.9 Å². The van der Waals surface area contributed by atoms with Crippen molar-refractivity contribution in [3.8, 4) is 11.4 Å². The van der Waals surface area contributed by atoms with E-state index in [0.29, 0.717) is 5.92 Å². The molecule has 0 spiro atoms. The minimum absolute atomic E-state index is 0.0219. The molecule has 0 saturated carbocycles. The molecule has 2 atom stereocenters. The molecule has 4 rings (SSSR count). The Kier molecular flexibility index (Phi) is 5.05. The summed E-state index contributed by atoms with van der Waals surface area (Å²) in [6, 6.07) is 17.4. The van der Waals surface area contributed by atoms with Gasteiger partial charge in [-0.25, -0.2) is 0 Å². The first-order chi connectivity index (χ1) is 13.5. The zero-order valence-electron chi connectivity index (χ0n) is 16.0. The number of hydrogen-bond acceptors (Lipinski definition) is 3. The highest BCUT2D eigenvalue weighted by Gasteiger charge is 2.41. The van der Waals surface area contributed by atoms with Gasteiger partial charge in [-0.05, 0) is 66.7 Å². The molecule has 0 unspecified atom stereocenters. The highest BCUT2D eigenvalue weighted by Crippen LogP contribution is 2.39. The smallest absolute Gasteiger partial charge is 0.170 e. The Balaban J connectivity index is 1.80. The summed E-state index contributed by atoms with van der Waals surface area (Å²) in [6.45, 7) is 5.26. The predicted molar refractivity (Wildman–Crippen MR) is 114 cm³/mol. The topological polar surface area (TPSA) is 53.3 Å². The van der Waals surface area contributed by atoms with Gasteiger partial charge in [-0.15, -0.1) is 0 Å². The van der Waals surface area contributed by atoms with Crippen molar-refractivity contribution in [1.29, 1.82) is 0 Å². The zero-order valence-corrected chi connectivity index (χ0v) is 16.8. The number of aromatic nitrogens is 2. The number of pyridine rings is 1. The van der Waals surface area contributed by atoms with Gasteiger partial charge >= 0.3 is 0 Å². The van der Waals surface area contributed by atoms with Crippen molar-refractivity contribution >= 4 is 17.3 Å². The lowest BCUT2D eigenvalue weighted by Crippen LogP contribution is -2.33. The third-order valence-corrected chi connectivity index (χ3v) is 5.32. The molecule has 144 valence electrons. The number of benzene rings is 1. The molecule has 1 saturated heterocycles. The average molecular weight is 393 g/mol. The first-order valence-corrected chi connectivity index (χ1v) is 9.90. The van der Waals surface area contributed by atoms with Crippen LogP contribution in [0.1, 0.15) is 37.3 Å². The lowest BCUT2D eigenvalue weighted by Gasteiger charge is -2.30. The monoisotopic (exact) mass is 392 g/mol. The fraction of sp³-hybridized carbons (Fsp3) is 0.273. The molecule has 0 amide bonds. The van der Waals surface area contributed by atoms with Crippen molar-refractivity contribution < 1.29 is 5.11 Å². The summed E-state index contributed by atoms with van der Waals surface area (Å²) >= 11 is 5.71. The summed E-state index contributed by atoms with van der Waals surface area (Å²) in [5.41, 5.74) is 3.11. The number of nitrogens with one attached hydrogen (secondary N) is 1. The molecule has 5 nitrogen and oxygen atoms in total. The van der Waals surface area contributed by atoms with Crippen LogP contribution in [-0.4, -0.2) is 31.2 Å². The minimum atomic E-state index is -0.0294. The van der Waals surface area contributed by atoms with Crippen molar-refractivity contribution in [3.05, 3.63) is 78.4 Å². The maximum absolute atomic E-state index is 9.65. The van der Waals surface area contributed by atoms with Gasteiger partial charge in [0.2, 0.25) is 0 Å². The van der Waals surface area contributed by atoms with Gasteiger partial charge in [-0.3, -0.25) is 4.98 Å². The Bertz CT molecular complexity index is 952. The lowest BCUT2D eigenvalue weighted by molar-refractivity contribution is 0.280. The quantitative estimate of drug-likeness (QED) is 0.637. The molecule has 3 heterocycles. The number of phenols is 1. The van der Waals surface area contributed by atoms with E-state index in [2.05, 4.69) is 39.7 Å². The van der Waals surface area contributed by atoms with Crippen molar-refractivity contribution in [2.75, 3.05) is 6.54 Å². The van der Waals surface area contributed by atoms with Crippen LogP contribution in [0.15, 0.2) is 67.0 Å². The Morgan fingerprint density at radius 3 is 2.57 bits per heavy atom. The SMILES string of the molecule is CC(C)CN1C(=S)N[C@H](c2ccccn2)[C@@H]1c1cccn1-c1ccc(O)cc1. The molecule has 1 aliphatic rings. The fourth-order valence-electron chi connectivity index (χ4n) is 3.80. The number of hydrogen-bond donors (Lipinski definition) is 2. The van der Waals surface area contributed by atoms with Crippen LogP contribution >= 0.6 is 12.2 Å². The van der Waals surface area contributed by atoms with Crippen LogP contribution in [0.2, 0.25) is 0 Å². The molecule has 0 aliphatic carbocycles. The van der Waals surface area contributed by atoms with Crippen LogP contribution in [0.3, 0.4) is 0 Å². The van der Waals surface area contributed by atoms with Gasteiger partial charge in [-0.1, -0.05) is 19.9 Å². The van der Waals surface area contributed by atoms with E-state index >= 15 is 0 Å². The molecular formula is C22H24N4OS. The van der Waals surface area contributed by atoms with E-state index in [-0.39, 0.29) is 17.8 Å². The molecule has 2 aromatic heterocycles. The number of nitrogens with zero attached hydrogens (tertiary/aromatic N) is 3. The largest absolute Gasteiger partial charge is 0.508 e. The third kappa shape index (κ3) is 3.47. The van der Waals surface area contributed by atoms with Crippen LogP contribution in [0.5, 0.6) is 5.75 Å². The second-order valence-electron chi connectivity index (χ2n) is 7.49. The minimum Gasteiger partial charge on any atom is -0.508 e. The first-order valence-electron chi connectivity index (χ1n) is 9.49. The standard InChI is InChI=1S/C22H24N4OS/c1-15(2)14-26-21(20(24-22(26)28)18-6-3-4-12-23-18)19-7-5-13-25(19)16-8-10-17(27)11-9-16/h3-13,15,20-21,27H,14H2,1-2H3,(H,24,28)/t20-,21+/m1/s1. The number of aromatic hydroxyl groups is 1. The van der Waals surface area contributed by atoms with Gasteiger partial charge in [-0.2, -0.15) is 0 Å². The molecule has 0 bridgehead atoms. The van der Waals surface area contributed by atoms with Crippen molar-refractivity contribution in [2.24, 2.45) is 5.92 Å². The van der Waals surface area contributed by atoms with Crippen molar-refractivity contribution in [1.82, 2.24) is 19.8 Å². The van der Waals surface area contributed by atoms with E-state index in [9.17, 15) is 5.11 Å². The third-order valence-electron chi connectivity index (χ3n) is 4.97. The van der Waals surface area contributed by atoms with Crippen LogP contribution in [0, 0.1) is 5.92 Å². The predicted octanol–water partition coefficient (Wildman–Crippen LogP) is 4.21. The Morgan fingerprint density at radius 1 is 1.11 bits per heavy atom. The lowest BCUT2D eigenvalue weighted by atomic mass is 10.0. The molecule has 28 heavy (non-hydrogen) atoms. The van der Waals surface area contributed by atoms with E-state index < -0.39 is 0 Å². The van der Waals surface area contributed by atoms with Gasteiger partial charge in [0, 0.05) is 30.3 Å².